The van der Waals surface area contributed by atoms with Gasteiger partial charge < -0.3 is 24.4 Å². The van der Waals surface area contributed by atoms with Crippen LogP contribution in [0.2, 0.25) is 15.1 Å². The van der Waals surface area contributed by atoms with Gasteiger partial charge in [0.05, 0.1) is 31.9 Å². The highest BCUT2D eigenvalue weighted by molar-refractivity contribution is 7.92. The zero-order valence-electron chi connectivity index (χ0n) is 25.8. The molecule has 14 heteroatoms. The molecule has 0 radical (unpaired) electrons. The molecule has 3 aromatic rings. The number of nitrogens with zero attached hydrogens (tertiary/aromatic N) is 2. The van der Waals surface area contributed by atoms with Gasteiger partial charge >= 0.3 is 0 Å². The van der Waals surface area contributed by atoms with E-state index in [0.717, 1.165) is 4.31 Å². The molecule has 0 saturated heterocycles. The lowest BCUT2D eigenvalue weighted by Gasteiger charge is -2.33. The van der Waals surface area contributed by atoms with Crippen molar-refractivity contribution >= 4 is 62.3 Å². The predicted molar refractivity (Wildman–Crippen MR) is 176 cm³/mol. The molecule has 0 unspecified atom stereocenters. The number of rotatable bonds is 14. The number of benzene rings is 3. The largest absolute Gasteiger partial charge is 0.495 e. The van der Waals surface area contributed by atoms with E-state index in [2.05, 4.69) is 5.32 Å². The molecule has 0 aliphatic carbocycles. The summed E-state index contributed by atoms with van der Waals surface area (Å²) in [5, 5.41) is 3.59. The molecule has 3 aromatic carbocycles. The Kier molecular flexibility index (Phi) is 12.6. The van der Waals surface area contributed by atoms with Gasteiger partial charge in [0.25, 0.3) is 10.0 Å². The summed E-state index contributed by atoms with van der Waals surface area (Å²) in [6.07, 6.45) is 0. The van der Waals surface area contributed by atoms with Gasteiger partial charge in [0, 0.05) is 39.8 Å². The topological polar surface area (TPSA) is 114 Å². The number of nitrogens with one attached hydrogen (secondary N) is 1. The first-order valence-electron chi connectivity index (χ1n) is 13.8. The molecule has 0 fully saturated rings. The van der Waals surface area contributed by atoms with E-state index in [1.807, 2.05) is 13.8 Å². The van der Waals surface area contributed by atoms with Gasteiger partial charge in [-0.1, -0.05) is 54.7 Å². The number of hydrogen-bond acceptors (Lipinski definition) is 7. The number of carbonyl (C=O) groups excluding carboxylic acids is 2. The summed E-state index contributed by atoms with van der Waals surface area (Å²) in [6.45, 7) is 4.88. The Hall–Kier alpha value is -3.38. The van der Waals surface area contributed by atoms with Crippen LogP contribution in [-0.2, 0) is 26.2 Å². The Bertz CT molecular complexity index is 1620. The van der Waals surface area contributed by atoms with Crippen LogP contribution >= 0.6 is 34.8 Å². The van der Waals surface area contributed by atoms with Crippen molar-refractivity contribution in [2.75, 3.05) is 38.7 Å². The van der Waals surface area contributed by atoms with Crippen molar-refractivity contribution in [3.05, 3.63) is 75.2 Å². The highest BCUT2D eigenvalue weighted by Gasteiger charge is 2.35. The molecule has 0 bridgehead atoms. The van der Waals surface area contributed by atoms with Crippen molar-refractivity contribution in [2.24, 2.45) is 5.92 Å². The third-order valence-corrected chi connectivity index (χ3v) is 9.57. The normalized spacial score (nSPS) is 12.0. The number of sulfonamides is 1. The van der Waals surface area contributed by atoms with E-state index in [1.165, 1.54) is 62.6 Å². The molecule has 2 amide bonds. The van der Waals surface area contributed by atoms with Crippen LogP contribution in [0.3, 0.4) is 0 Å². The number of anilines is 1. The fourth-order valence-electron chi connectivity index (χ4n) is 4.36. The first-order valence-corrected chi connectivity index (χ1v) is 16.4. The van der Waals surface area contributed by atoms with Gasteiger partial charge in [0.15, 0.2) is 11.5 Å². The Morgan fingerprint density at radius 3 is 2.02 bits per heavy atom. The standard InChI is InChI=1S/C31H36Cl3N3O7S/c1-19(2)16-35-31(39)20(3)36(17-23-24(33)8-7-9-25(23)34)30(38)18-37(26-14-21(32)10-12-27(26)42-4)45(40,41)22-11-13-28(43-5)29(15-22)44-6/h7-15,19-20H,16-18H2,1-6H3,(H,35,39)/t20-/m0/s1. The molecule has 0 saturated carbocycles. The molecule has 0 aliphatic rings. The van der Waals surface area contributed by atoms with E-state index in [0.29, 0.717) is 17.9 Å². The maximum absolute atomic E-state index is 14.3. The van der Waals surface area contributed by atoms with Crippen molar-refractivity contribution in [1.82, 2.24) is 10.2 Å². The molecule has 0 aromatic heterocycles. The molecule has 45 heavy (non-hydrogen) atoms. The highest BCUT2D eigenvalue weighted by Crippen LogP contribution is 2.37. The molecule has 0 heterocycles. The second-order valence-electron chi connectivity index (χ2n) is 10.4. The Labute approximate surface area is 279 Å². The Morgan fingerprint density at radius 2 is 1.44 bits per heavy atom. The highest BCUT2D eigenvalue weighted by atomic mass is 35.5. The third-order valence-electron chi connectivity index (χ3n) is 6.87. The van der Waals surface area contributed by atoms with Gasteiger partial charge in [-0.3, -0.25) is 13.9 Å². The summed E-state index contributed by atoms with van der Waals surface area (Å²) >= 11 is 19.2. The van der Waals surface area contributed by atoms with Gasteiger partial charge in [-0.25, -0.2) is 8.42 Å². The fraction of sp³-hybridized carbons (Fsp3) is 0.355. The minimum absolute atomic E-state index is 0.000716. The van der Waals surface area contributed by atoms with Gasteiger partial charge in [-0.15, -0.1) is 0 Å². The van der Waals surface area contributed by atoms with E-state index >= 15 is 0 Å². The zero-order chi connectivity index (χ0) is 33.5. The van der Waals surface area contributed by atoms with Gasteiger partial charge in [-0.05, 0) is 55.3 Å². The monoisotopic (exact) mass is 699 g/mol. The van der Waals surface area contributed by atoms with Crippen molar-refractivity contribution in [3.63, 3.8) is 0 Å². The van der Waals surface area contributed by atoms with Gasteiger partial charge in [0.2, 0.25) is 11.8 Å². The quantitative estimate of drug-likeness (QED) is 0.218. The molecule has 0 aliphatic heterocycles. The molecular formula is C31H36Cl3N3O7S. The number of methoxy groups -OCH3 is 3. The van der Waals surface area contributed by atoms with Crippen molar-refractivity contribution < 1.29 is 32.2 Å². The predicted octanol–water partition coefficient (Wildman–Crippen LogP) is 6.06. The summed E-state index contributed by atoms with van der Waals surface area (Å²) in [5.41, 5.74) is 0.396. The number of hydrogen-bond donors (Lipinski definition) is 1. The van der Waals surface area contributed by atoms with Crippen LogP contribution in [0.1, 0.15) is 26.3 Å². The Morgan fingerprint density at radius 1 is 0.844 bits per heavy atom. The van der Waals surface area contributed by atoms with E-state index in [4.69, 9.17) is 49.0 Å². The lowest BCUT2D eigenvalue weighted by Crippen LogP contribution is -2.51. The molecule has 1 N–H and O–H groups in total. The molecule has 10 nitrogen and oxygen atoms in total. The van der Waals surface area contributed by atoms with Crippen LogP contribution in [0.15, 0.2) is 59.5 Å². The summed E-state index contributed by atoms with van der Waals surface area (Å²) in [5.74, 6) is -0.392. The zero-order valence-corrected chi connectivity index (χ0v) is 28.9. The average molecular weight is 701 g/mol. The van der Waals surface area contributed by atoms with E-state index in [9.17, 15) is 18.0 Å². The van der Waals surface area contributed by atoms with Crippen molar-refractivity contribution in [3.8, 4) is 17.2 Å². The minimum atomic E-state index is -4.49. The number of ether oxygens (including phenoxy) is 3. The first kappa shape index (κ1) is 36.1. The minimum Gasteiger partial charge on any atom is -0.495 e. The number of carbonyl (C=O) groups is 2. The second kappa shape index (κ2) is 15.8. The molecule has 244 valence electrons. The maximum atomic E-state index is 14.3. The van der Waals surface area contributed by atoms with Crippen LogP contribution in [-0.4, -0.2) is 65.6 Å². The summed E-state index contributed by atoms with van der Waals surface area (Å²) in [7, 11) is -0.327. The Balaban J connectivity index is 2.17. The van der Waals surface area contributed by atoms with E-state index in [1.54, 1.807) is 25.1 Å². The lowest BCUT2D eigenvalue weighted by molar-refractivity contribution is -0.139. The third kappa shape index (κ3) is 8.66. The van der Waals surface area contributed by atoms with E-state index in [-0.39, 0.29) is 49.6 Å². The van der Waals surface area contributed by atoms with E-state index < -0.39 is 34.4 Å². The smallest absolute Gasteiger partial charge is 0.265 e. The molecule has 0 spiro atoms. The van der Waals surface area contributed by atoms with Crippen LogP contribution in [0, 0.1) is 5.92 Å². The summed E-state index contributed by atoms with van der Waals surface area (Å²) < 4.78 is 45.6. The van der Waals surface area contributed by atoms with Crippen LogP contribution in [0.4, 0.5) is 5.69 Å². The van der Waals surface area contributed by atoms with Crippen LogP contribution in [0.25, 0.3) is 0 Å². The van der Waals surface area contributed by atoms with Crippen molar-refractivity contribution in [2.45, 2.75) is 38.3 Å². The van der Waals surface area contributed by atoms with Gasteiger partial charge in [0.1, 0.15) is 18.3 Å². The van der Waals surface area contributed by atoms with Crippen LogP contribution < -0.4 is 23.8 Å². The summed E-state index contributed by atoms with van der Waals surface area (Å²) in [4.78, 5) is 28.5. The number of halogens is 3. The molecular weight excluding hydrogens is 665 g/mol. The second-order valence-corrected chi connectivity index (χ2v) is 13.5. The SMILES string of the molecule is COc1ccc(S(=O)(=O)N(CC(=O)N(Cc2c(Cl)cccc2Cl)[C@@H](C)C(=O)NCC(C)C)c2cc(Cl)ccc2OC)cc1OC. The van der Waals surface area contributed by atoms with Crippen LogP contribution in [0.5, 0.6) is 17.2 Å². The molecule has 1 atom stereocenters. The number of amides is 2. The average Bonchev–Trinajstić information content (AvgIpc) is 3.01. The van der Waals surface area contributed by atoms with Crippen molar-refractivity contribution in [1.29, 1.82) is 0 Å². The van der Waals surface area contributed by atoms with Gasteiger partial charge in [-0.2, -0.15) is 0 Å². The fourth-order valence-corrected chi connectivity index (χ4v) is 6.48. The lowest BCUT2D eigenvalue weighted by atomic mass is 10.1. The molecule has 3 rings (SSSR count). The maximum Gasteiger partial charge on any atom is 0.265 e. The summed E-state index contributed by atoms with van der Waals surface area (Å²) in [6, 6.07) is 12.3. The first-order chi connectivity index (χ1) is 21.2.